The molecule has 4 rings (SSSR count). The average molecular weight is 450 g/mol. The molecule has 3 fully saturated rings. The number of hydrogen-bond acceptors (Lipinski definition) is 6. The molecule has 0 bridgehead atoms. The van der Waals surface area contributed by atoms with Crippen LogP contribution in [0.25, 0.3) is 0 Å². The van der Waals surface area contributed by atoms with Crippen molar-refractivity contribution in [2.75, 3.05) is 32.9 Å². The van der Waals surface area contributed by atoms with Crippen LogP contribution in [0.1, 0.15) is 31.0 Å². The van der Waals surface area contributed by atoms with E-state index in [1.54, 1.807) is 25.2 Å². The summed E-state index contributed by atoms with van der Waals surface area (Å²) in [5, 5.41) is 6.07. The number of piperidine rings is 1. The monoisotopic (exact) mass is 449 g/mol. The first-order chi connectivity index (χ1) is 14.9. The van der Waals surface area contributed by atoms with Crippen LogP contribution >= 0.6 is 11.8 Å². The second kappa shape index (κ2) is 9.13. The molecular weight excluding hydrogens is 421 g/mol. The number of benzene rings is 1. The Bertz CT molecular complexity index is 865. The third-order valence-electron chi connectivity index (χ3n) is 6.27. The lowest BCUT2D eigenvalue weighted by Crippen LogP contribution is -2.72. The van der Waals surface area contributed by atoms with Gasteiger partial charge in [-0.1, -0.05) is 18.2 Å². The number of urea groups is 1. The summed E-state index contributed by atoms with van der Waals surface area (Å²) >= 11 is 1.35. The Morgan fingerprint density at radius 1 is 1.13 bits per heavy atom. The van der Waals surface area contributed by atoms with Crippen LogP contribution in [0.4, 0.5) is 9.18 Å². The van der Waals surface area contributed by atoms with Gasteiger partial charge in [-0.2, -0.15) is 0 Å². The Kier molecular flexibility index (Phi) is 6.49. The lowest BCUT2D eigenvalue weighted by Gasteiger charge is -2.50. The van der Waals surface area contributed by atoms with E-state index in [1.165, 1.54) is 29.8 Å². The summed E-state index contributed by atoms with van der Waals surface area (Å²) in [5.74, 6) is -1.03. The van der Waals surface area contributed by atoms with Gasteiger partial charge in [0.15, 0.2) is 0 Å². The van der Waals surface area contributed by atoms with Gasteiger partial charge in [-0.3, -0.25) is 25.1 Å². The molecule has 3 saturated heterocycles. The van der Waals surface area contributed by atoms with Gasteiger partial charge in [0.1, 0.15) is 5.82 Å². The Morgan fingerprint density at radius 3 is 2.55 bits per heavy atom. The molecule has 2 N–H and O–H groups in total. The number of halogens is 1. The van der Waals surface area contributed by atoms with Gasteiger partial charge in [0.2, 0.25) is 11.8 Å². The molecule has 1 aromatic carbocycles. The van der Waals surface area contributed by atoms with Crippen LogP contribution in [-0.4, -0.2) is 77.0 Å². The van der Waals surface area contributed by atoms with E-state index >= 15 is 0 Å². The Hall–Kier alpha value is -2.17. The predicted octanol–water partition coefficient (Wildman–Crippen LogP) is 1.55. The Morgan fingerprint density at radius 2 is 1.84 bits per heavy atom. The Labute approximate surface area is 185 Å². The molecule has 31 heavy (non-hydrogen) atoms. The topological polar surface area (TPSA) is 85.0 Å². The number of imide groups is 1. The zero-order valence-electron chi connectivity index (χ0n) is 17.7. The average Bonchev–Trinajstić information content (AvgIpc) is 2.80. The quantitative estimate of drug-likeness (QED) is 0.726. The highest BCUT2D eigenvalue weighted by Crippen LogP contribution is 2.35. The van der Waals surface area contributed by atoms with Gasteiger partial charge in [-0.25, -0.2) is 9.18 Å². The maximum atomic E-state index is 14.5. The van der Waals surface area contributed by atoms with Crippen molar-refractivity contribution >= 4 is 29.6 Å². The summed E-state index contributed by atoms with van der Waals surface area (Å²) in [6, 6.07) is 5.98. The minimum Gasteiger partial charge on any atom is -0.342 e. The molecule has 4 atom stereocenters. The highest BCUT2D eigenvalue weighted by atomic mass is 32.2. The summed E-state index contributed by atoms with van der Waals surface area (Å²) in [4.78, 5) is 42.7. The third-order valence-corrected chi connectivity index (χ3v) is 7.47. The Balaban J connectivity index is 1.57. The summed E-state index contributed by atoms with van der Waals surface area (Å²) in [7, 11) is 3.08. The van der Waals surface area contributed by atoms with E-state index in [1.807, 2.05) is 4.90 Å². The summed E-state index contributed by atoms with van der Waals surface area (Å²) in [5.41, 5.74) is 0.404. The van der Waals surface area contributed by atoms with Crippen molar-refractivity contribution in [3.05, 3.63) is 35.6 Å². The molecule has 168 valence electrons. The van der Waals surface area contributed by atoms with Gasteiger partial charge in [-0.15, -0.1) is 11.8 Å². The molecule has 0 spiro atoms. The number of carbonyl (C=O) groups is 3. The highest BCUT2D eigenvalue weighted by molar-refractivity contribution is 8.00. The first-order valence-corrected chi connectivity index (χ1v) is 11.6. The summed E-state index contributed by atoms with van der Waals surface area (Å²) in [6.07, 6.45) is 1.96. The standard InChI is InChI=1S/C21H28FN5O3S/c1-25-18-16(20(29)26(2)21(25)30)19(31-12-15(28)27-10-6-3-7-11-27)24-17(23-18)13-8-4-5-9-14(13)22/h4-5,8-9,16-19,23-24H,3,6-7,10-12H2,1-2H3. The maximum Gasteiger partial charge on any atom is 0.327 e. The lowest BCUT2D eigenvalue weighted by atomic mass is 9.96. The number of likely N-dealkylation sites (tertiary alicyclic amines) is 1. The number of thioether (sulfide) groups is 1. The first-order valence-electron chi connectivity index (χ1n) is 10.6. The van der Waals surface area contributed by atoms with Crippen LogP contribution in [0.15, 0.2) is 24.3 Å². The zero-order valence-corrected chi connectivity index (χ0v) is 18.5. The second-order valence-corrected chi connectivity index (χ2v) is 9.35. The van der Waals surface area contributed by atoms with E-state index in [9.17, 15) is 18.8 Å². The van der Waals surface area contributed by atoms with Gasteiger partial charge in [-0.05, 0) is 25.3 Å². The van der Waals surface area contributed by atoms with Crippen LogP contribution in [0.5, 0.6) is 0 Å². The molecule has 0 saturated carbocycles. The van der Waals surface area contributed by atoms with E-state index < -0.39 is 29.7 Å². The second-order valence-electron chi connectivity index (χ2n) is 8.22. The highest BCUT2D eigenvalue weighted by Gasteiger charge is 2.51. The van der Waals surface area contributed by atoms with Crippen molar-refractivity contribution in [1.82, 2.24) is 25.3 Å². The smallest absolute Gasteiger partial charge is 0.327 e. The molecule has 10 heteroatoms. The summed E-state index contributed by atoms with van der Waals surface area (Å²) in [6.45, 7) is 1.53. The van der Waals surface area contributed by atoms with Gasteiger partial charge in [0, 0.05) is 32.7 Å². The largest absolute Gasteiger partial charge is 0.342 e. The minimum absolute atomic E-state index is 0.0464. The number of hydrogen-bond donors (Lipinski definition) is 2. The number of fused-ring (bicyclic) bond motifs is 1. The lowest BCUT2D eigenvalue weighted by molar-refractivity contribution is -0.140. The molecular formula is C21H28FN5O3S. The van der Waals surface area contributed by atoms with Crippen LogP contribution < -0.4 is 10.6 Å². The van der Waals surface area contributed by atoms with E-state index in [0.29, 0.717) is 5.56 Å². The molecule has 3 heterocycles. The molecule has 0 aliphatic carbocycles. The molecule has 0 aromatic heterocycles. The maximum absolute atomic E-state index is 14.5. The van der Waals surface area contributed by atoms with Crippen LogP contribution in [0.3, 0.4) is 0 Å². The number of amides is 4. The fraction of sp³-hybridized carbons (Fsp3) is 0.571. The third kappa shape index (κ3) is 4.28. The van der Waals surface area contributed by atoms with Gasteiger partial charge < -0.3 is 9.80 Å². The van der Waals surface area contributed by atoms with Crippen molar-refractivity contribution in [2.45, 2.75) is 37.0 Å². The molecule has 0 radical (unpaired) electrons. The normalized spacial score (nSPS) is 29.2. The number of rotatable bonds is 4. The SMILES string of the molecule is CN1C(=O)C2C(SCC(=O)N3CCCCC3)NC(c3ccccc3F)NC2N(C)C1=O. The van der Waals surface area contributed by atoms with Crippen LogP contribution in [0.2, 0.25) is 0 Å². The van der Waals surface area contributed by atoms with E-state index in [0.717, 1.165) is 37.3 Å². The van der Waals surface area contributed by atoms with Gasteiger partial charge in [0.25, 0.3) is 0 Å². The van der Waals surface area contributed by atoms with Crippen LogP contribution in [0, 0.1) is 11.7 Å². The fourth-order valence-electron chi connectivity index (χ4n) is 4.48. The first kappa shape index (κ1) is 22.0. The van der Waals surface area contributed by atoms with Crippen molar-refractivity contribution in [3.63, 3.8) is 0 Å². The number of carbonyl (C=O) groups excluding carboxylic acids is 3. The number of nitrogens with one attached hydrogen (secondary N) is 2. The molecule has 1 aromatic rings. The molecule has 4 unspecified atom stereocenters. The summed E-state index contributed by atoms with van der Waals surface area (Å²) < 4.78 is 14.5. The van der Waals surface area contributed by atoms with Crippen molar-refractivity contribution < 1.29 is 18.8 Å². The van der Waals surface area contributed by atoms with Gasteiger partial charge >= 0.3 is 6.03 Å². The predicted molar refractivity (Wildman–Crippen MR) is 115 cm³/mol. The van der Waals surface area contributed by atoms with Crippen molar-refractivity contribution in [1.29, 1.82) is 0 Å². The van der Waals surface area contributed by atoms with E-state index in [4.69, 9.17) is 0 Å². The number of nitrogens with zero attached hydrogens (tertiary/aromatic N) is 3. The molecule has 8 nitrogen and oxygen atoms in total. The molecule has 3 aliphatic heterocycles. The van der Waals surface area contributed by atoms with Crippen LogP contribution in [-0.2, 0) is 9.59 Å². The zero-order chi connectivity index (χ0) is 22.1. The molecule has 3 aliphatic rings. The van der Waals surface area contributed by atoms with E-state index in [2.05, 4.69) is 10.6 Å². The minimum atomic E-state index is -0.607. The van der Waals surface area contributed by atoms with Crippen molar-refractivity contribution in [2.24, 2.45) is 5.92 Å². The molecule has 4 amide bonds. The van der Waals surface area contributed by atoms with Crippen molar-refractivity contribution in [3.8, 4) is 0 Å². The van der Waals surface area contributed by atoms with E-state index in [-0.39, 0.29) is 23.4 Å². The fourth-order valence-corrected chi connectivity index (χ4v) is 5.69. The van der Waals surface area contributed by atoms with Gasteiger partial charge in [0.05, 0.1) is 29.4 Å².